The molecular weight excluding hydrogens is 190 g/mol. The Morgan fingerprint density at radius 2 is 2.00 bits per heavy atom. The van der Waals surface area contributed by atoms with Crippen LogP contribution in [-0.4, -0.2) is 35.1 Å². The first-order chi connectivity index (χ1) is 6.02. The largest absolute Gasteiger partial charge is 0.333 e. The number of carbonyl (C=O) groups excluding carboxylic acids is 2. The van der Waals surface area contributed by atoms with Crippen molar-refractivity contribution < 1.29 is 9.59 Å². The van der Waals surface area contributed by atoms with E-state index in [1.54, 1.807) is 4.90 Å². The highest BCUT2D eigenvalue weighted by atomic mass is 35.5. The summed E-state index contributed by atoms with van der Waals surface area (Å²) in [6.07, 6.45) is 0.842. The summed E-state index contributed by atoms with van der Waals surface area (Å²) in [5.74, 6) is -0.217. The third-order valence-electron chi connectivity index (χ3n) is 2.02. The molecule has 0 radical (unpaired) electrons. The number of halogens is 1. The van der Waals surface area contributed by atoms with Gasteiger partial charge in [0.2, 0.25) is 5.91 Å². The van der Waals surface area contributed by atoms with Gasteiger partial charge in [0.25, 0.3) is 0 Å². The van der Waals surface area contributed by atoms with Gasteiger partial charge < -0.3 is 4.90 Å². The molecule has 0 aromatic heterocycles. The number of amides is 1. The summed E-state index contributed by atoms with van der Waals surface area (Å²) in [6.45, 7) is 5.50. The fourth-order valence-corrected chi connectivity index (χ4v) is 1.11. The van der Waals surface area contributed by atoms with Crippen LogP contribution >= 0.6 is 11.6 Å². The van der Waals surface area contributed by atoms with E-state index in [1.165, 1.54) is 6.92 Å². The molecule has 1 atom stereocenters. The summed E-state index contributed by atoms with van der Waals surface area (Å²) in [5, 5.41) is 0. The third kappa shape index (κ3) is 4.27. The lowest BCUT2D eigenvalue weighted by molar-refractivity contribution is -0.134. The van der Waals surface area contributed by atoms with Crippen molar-refractivity contribution in [1.29, 1.82) is 0 Å². The van der Waals surface area contributed by atoms with E-state index in [9.17, 15) is 9.59 Å². The molecule has 0 aromatic carbocycles. The summed E-state index contributed by atoms with van der Waals surface area (Å²) in [7, 11) is 0. The molecule has 0 heterocycles. The zero-order chi connectivity index (χ0) is 10.4. The highest BCUT2D eigenvalue weighted by molar-refractivity contribution is 6.28. The fraction of sp³-hybridized carbons (Fsp3) is 0.778. The Hall–Kier alpha value is -0.570. The Bertz CT molecular complexity index is 194. The van der Waals surface area contributed by atoms with Gasteiger partial charge in [-0.15, -0.1) is 11.6 Å². The van der Waals surface area contributed by atoms with E-state index < -0.39 is 0 Å². The van der Waals surface area contributed by atoms with Crippen LogP contribution in [0.25, 0.3) is 0 Å². The minimum atomic E-state index is -0.114. The number of Topliss-reactive ketones (excluding diaryl/α,β-unsaturated/α-hetero) is 1. The van der Waals surface area contributed by atoms with E-state index in [0.29, 0.717) is 0 Å². The van der Waals surface area contributed by atoms with Crippen LogP contribution in [0.15, 0.2) is 0 Å². The maximum atomic E-state index is 11.1. The summed E-state index contributed by atoms with van der Waals surface area (Å²) < 4.78 is 0. The van der Waals surface area contributed by atoms with Gasteiger partial charge in [-0.3, -0.25) is 9.59 Å². The molecular formula is C9H16ClNO2. The van der Waals surface area contributed by atoms with Gasteiger partial charge in [-0.25, -0.2) is 0 Å². The second-order valence-corrected chi connectivity index (χ2v) is 3.34. The molecule has 1 amide bonds. The minimum Gasteiger partial charge on any atom is -0.333 e. The van der Waals surface area contributed by atoms with E-state index in [-0.39, 0.29) is 30.2 Å². The number of alkyl halides is 1. The zero-order valence-electron chi connectivity index (χ0n) is 8.34. The Morgan fingerprint density at radius 3 is 2.31 bits per heavy atom. The van der Waals surface area contributed by atoms with Gasteiger partial charge >= 0.3 is 0 Å². The molecule has 0 aliphatic carbocycles. The van der Waals surface area contributed by atoms with Gasteiger partial charge in [-0.2, -0.15) is 0 Å². The van der Waals surface area contributed by atoms with Crippen molar-refractivity contribution in [3.8, 4) is 0 Å². The highest BCUT2D eigenvalue weighted by Crippen LogP contribution is 2.03. The number of nitrogens with zero attached hydrogens (tertiary/aromatic N) is 1. The van der Waals surface area contributed by atoms with Crippen LogP contribution in [0.1, 0.15) is 27.2 Å². The summed E-state index contributed by atoms with van der Waals surface area (Å²) >= 11 is 5.36. The van der Waals surface area contributed by atoms with Crippen LogP contribution in [0, 0.1) is 0 Å². The molecule has 3 nitrogen and oxygen atoms in total. The van der Waals surface area contributed by atoms with Crippen molar-refractivity contribution in [3.63, 3.8) is 0 Å². The van der Waals surface area contributed by atoms with Crippen LogP contribution in [0.2, 0.25) is 0 Å². The molecule has 1 unspecified atom stereocenters. The molecule has 0 fully saturated rings. The lowest BCUT2D eigenvalue weighted by atomic mass is 10.2. The number of ketones is 1. The fourth-order valence-electron chi connectivity index (χ4n) is 1.03. The van der Waals surface area contributed by atoms with Gasteiger partial charge in [-0.05, 0) is 13.3 Å². The van der Waals surface area contributed by atoms with Crippen LogP contribution in [0.4, 0.5) is 0 Å². The van der Waals surface area contributed by atoms with Crippen molar-refractivity contribution in [2.45, 2.75) is 33.2 Å². The van der Waals surface area contributed by atoms with E-state index >= 15 is 0 Å². The number of rotatable bonds is 5. The molecule has 0 spiro atoms. The quantitative estimate of drug-likeness (QED) is 0.637. The van der Waals surface area contributed by atoms with Gasteiger partial charge in [0, 0.05) is 13.0 Å². The van der Waals surface area contributed by atoms with Crippen molar-refractivity contribution in [2.24, 2.45) is 0 Å². The number of hydrogen-bond acceptors (Lipinski definition) is 2. The number of carbonyl (C=O) groups is 2. The standard InChI is InChI=1S/C9H16ClNO2/c1-4-7(2)11(8(3)12)6-9(13)5-10/h7H,4-6H2,1-3H3. The maximum absolute atomic E-state index is 11.1. The molecule has 0 aliphatic heterocycles. The molecule has 0 N–H and O–H groups in total. The first-order valence-electron chi connectivity index (χ1n) is 4.37. The summed E-state index contributed by atoms with van der Waals surface area (Å²) in [5.41, 5.74) is 0. The molecule has 4 heteroatoms. The van der Waals surface area contributed by atoms with Crippen LogP contribution in [0.3, 0.4) is 0 Å². The monoisotopic (exact) mass is 205 g/mol. The maximum Gasteiger partial charge on any atom is 0.220 e. The van der Waals surface area contributed by atoms with Crippen molar-refractivity contribution in [1.82, 2.24) is 4.90 Å². The normalized spacial score (nSPS) is 12.3. The third-order valence-corrected chi connectivity index (χ3v) is 2.32. The molecule has 0 aromatic rings. The molecule has 0 bridgehead atoms. The van der Waals surface area contributed by atoms with Gasteiger partial charge in [-0.1, -0.05) is 6.92 Å². The molecule has 76 valence electrons. The molecule has 0 saturated heterocycles. The van der Waals surface area contributed by atoms with Gasteiger partial charge in [0.1, 0.15) is 0 Å². The summed E-state index contributed by atoms with van der Waals surface area (Å²) in [4.78, 5) is 23.7. The van der Waals surface area contributed by atoms with Crippen LogP contribution in [-0.2, 0) is 9.59 Å². The minimum absolute atomic E-state index is 0.0276. The van der Waals surface area contributed by atoms with Crippen LogP contribution < -0.4 is 0 Å². The van der Waals surface area contributed by atoms with Gasteiger partial charge in [0.15, 0.2) is 5.78 Å². The average molecular weight is 206 g/mol. The molecule has 0 saturated carbocycles. The van der Waals surface area contributed by atoms with E-state index in [2.05, 4.69) is 0 Å². The first-order valence-corrected chi connectivity index (χ1v) is 4.91. The number of hydrogen-bond donors (Lipinski definition) is 0. The first kappa shape index (κ1) is 12.4. The van der Waals surface area contributed by atoms with E-state index in [0.717, 1.165) is 6.42 Å². The highest BCUT2D eigenvalue weighted by Gasteiger charge is 2.17. The SMILES string of the molecule is CCC(C)N(CC(=O)CCl)C(C)=O. The second-order valence-electron chi connectivity index (χ2n) is 3.08. The molecule has 0 aliphatic rings. The Balaban J connectivity index is 4.26. The van der Waals surface area contributed by atoms with Gasteiger partial charge in [0.05, 0.1) is 12.4 Å². The summed E-state index contributed by atoms with van der Waals surface area (Å²) in [6, 6.07) is 0.102. The van der Waals surface area contributed by atoms with E-state index in [1.807, 2.05) is 13.8 Å². The molecule has 13 heavy (non-hydrogen) atoms. The Labute approximate surface area is 84.0 Å². The zero-order valence-corrected chi connectivity index (χ0v) is 9.10. The topological polar surface area (TPSA) is 37.4 Å². The van der Waals surface area contributed by atoms with Crippen molar-refractivity contribution >= 4 is 23.3 Å². The Morgan fingerprint density at radius 1 is 1.46 bits per heavy atom. The lowest BCUT2D eigenvalue weighted by Gasteiger charge is -2.26. The van der Waals surface area contributed by atoms with Crippen molar-refractivity contribution in [2.75, 3.05) is 12.4 Å². The predicted molar refractivity (Wildman–Crippen MR) is 52.9 cm³/mol. The second kappa shape index (κ2) is 5.97. The van der Waals surface area contributed by atoms with Crippen LogP contribution in [0.5, 0.6) is 0 Å². The average Bonchev–Trinajstić information content (AvgIpc) is 2.11. The van der Waals surface area contributed by atoms with Crippen molar-refractivity contribution in [3.05, 3.63) is 0 Å². The lowest BCUT2D eigenvalue weighted by Crippen LogP contribution is -2.40. The van der Waals surface area contributed by atoms with E-state index in [4.69, 9.17) is 11.6 Å². The predicted octanol–water partition coefficient (Wildman–Crippen LogP) is 1.44. The molecule has 0 rings (SSSR count). The Kier molecular flexibility index (Phi) is 5.71. The smallest absolute Gasteiger partial charge is 0.220 e.